The normalized spacial score (nSPS) is 14.8. The Morgan fingerprint density at radius 1 is 1.13 bits per heavy atom. The van der Waals surface area contributed by atoms with Gasteiger partial charge in [-0.1, -0.05) is 12.1 Å². The van der Waals surface area contributed by atoms with Crippen molar-refractivity contribution in [1.29, 1.82) is 0 Å². The molecule has 0 unspecified atom stereocenters. The number of fused-ring (bicyclic) bond motifs is 1. The third kappa shape index (κ3) is 3.81. The summed E-state index contributed by atoms with van der Waals surface area (Å²) in [5.41, 5.74) is -1.79. The fourth-order valence-corrected chi connectivity index (χ4v) is 3.68. The molecule has 10 heteroatoms. The van der Waals surface area contributed by atoms with Crippen molar-refractivity contribution in [3.63, 3.8) is 0 Å². The fourth-order valence-electron chi connectivity index (χ4n) is 3.68. The van der Waals surface area contributed by atoms with Gasteiger partial charge in [-0.15, -0.1) is 0 Å². The molecule has 0 atom stereocenters. The minimum Gasteiger partial charge on any atom is -0.449 e. The lowest BCUT2D eigenvalue weighted by molar-refractivity contribution is 0.144. The van der Waals surface area contributed by atoms with E-state index in [0.717, 1.165) is 18.2 Å². The molecule has 1 aliphatic heterocycles. The van der Waals surface area contributed by atoms with Crippen molar-refractivity contribution >= 4 is 22.7 Å². The topological polar surface area (TPSA) is 85.9 Å². The molecule has 1 fully saturated rings. The van der Waals surface area contributed by atoms with Crippen molar-refractivity contribution < 1.29 is 27.8 Å². The van der Waals surface area contributed by atoms with Crippen LogP contribution in [0.4, 0.5) is 23.7 Å². The van der Waals surface area contributed by atoms with Crippen LogP contribution in [0.1, 0.15) is 0 Å². The van der Waals surface area contributed by atoms with Crippen molar-refractivity contribution in [1.82, 2.24) is 9.88 Å². The highest BCUT2D eigenvalue weighted by atomic mass is 19.1. The Balaban J connectivity index is 1.98. The number of ether oxygens (including phenoxy) is 1. The first kappa shape index (κ1) is 20.7. The Morgan fingerprint density at radius 3 is 2.48 bits per heavy atom. The standard InChI is InChI=1S/C21H18F3N3O4/c1-26-5-7-27(8-6-26)18-14(23)10-13-17(15(18)24)25-16(11-3-2-4-12(22)9-11)20(19(13)28)31-21(29)30/h2-4,9-10H,5-8H2,1H3,(H,25,28)(H,29,30). The van der Waals surface area contributed by atoms with Crippen LogP contribution in [0.25, 0.3) is 22.2 Å². The second-order valence-electron chi connectivity index (χ2n) is 7.27. The molecule has 0 amide bonds. The van der Waals surface area contributed by atoms with E-state index >= 15 is 4.39 Å². The van der Waals surface area contributed by atoms with Gasteiger partial charge >= 0.3 is 6.16 Å². The molecule has 2 aromatic carbocycles. The molecule has 1 saturated heterocycles. The number of hydrogen-bond acceptors (Lipinski definition) is 5. The highest BCUT2D eigenvalue weighted by Gasteiger charge is 2.27. The van der Waals surface area contributed by atoms with Crippen molar-refractivity contribution in [2.24, 2.45) is 0 Å². The van der Waals surface area contributed by atoms with Crippen LogP contribution in [-0.4, -0.2) is 54.4 Å². The quantitative estimate of drug-likeness (QED) is 0.616. The smallest absolute Gasteiger partial charge is 0.449 e. The second-order valence-corrected chi connectivity index (χ2v) is 7.27. The maximum Gasteiger partial charge on any atom is 0.511 e. The van der Waals surface area contributed by atoms with Gasteiger partial charge in [0, 0.05) is 31.7 Å². The summed E-state index contributed by atoms with van der Waals surface area (Å²) in [5, 5.41) is 8.61. The van der Waals surface area contributed by atoms with E-state index in [1.165, 1.54) is 12.1 Å². The molecule has 1 aliphatic rings. The number of nitrogens with one attached hydrogen (secondary N) is 1. The first-order chi connectivity index (χ1) is 14.8. The third-order valence-electron chi connectivity index (χ3n) is 5.24. The Morgan fingerprint density at radius 2 is 1.84 bits per heavy atom. The number of pyridine rings is 1. The van der Waals surface area contributed by atoms with Crippen molar-refractivity contribution in [2.75, 3.05) is 38.1 Å². The molecule has 2 heterocycles. The van der Waals surface area contributed by atoms with Crippen LogP contribution in [0.3, 0.4) is 0 Å². The molecular formula is C21H18F3N3O4. The van der Waals surface area contributed by atoms with Gasteiger partial charge in [-0.3, -0.25) is 4.79 Å². The van der Waals surface area contributed by atoms with Gasteiger partial charge in [0.2, 0.25) is 11.2 Å². The number of aromatic amines is 1. The number of hydrogen-bond donors (Lipinski definition) is 2. The molecular weight excluding hydrogens is 415 g/mol. The summed E-state index contributed by atoms with van der Waals surface area (Å²) in [6.45, 7) is 1.98. The number of likely N-dealkylation sites (N-methyl/N-ethyl adjacent to an activating group) is 1. The maximum absolute atomic E-state index is 15.5. The lowest BCUT2D eigenvalue weighted by atomic mass is 10.1. The van der Waals surface area contributed by atoms with Gasteiger partial charge in [-0.25, -0.2) is 18.0 Å². The Kier molecular flexibility index (Phi) is 5.32. The first-order valence-electron chi connectivity index (χ1n) is 9.44. The molecule has 7 nitrogen and oxygen atoms in total. The second kappa shape index (κ2) is 7.95. The van der Waals surface area contributed by atoms with Crippen LogP contribution in [0.15, 0.2) is 35.1 Å². The number of carboxylic acid groups (broad SMARTS) is 1. The Labute approximate surface area is 174 Å². The van der Waals surface area contributed by atoms with Crippen molar-refractivity contribution in [2.45, 2.75) is 0 Å². The maximum atomic E-state index is 15.5. The molecule has 0 radical (unpaired) electrons. The van der Waals surface area contributed by atoms with Crippen LogP contribution in [0.5, 0.6) is 5.75 Å². The molecule has 4 rings (SSSR count). The number of H-pyrrole nitrogens is 1. The lowest BCUT2D eigenvalue weighted by Gasteiger charge is -2.34. The molecule has 31 heavy (non-hydrogen) atoms. The highest BCUT2D eigenvalue weighted by molar-refractivity contribution is 5.89. The van der Waals surface area contributed by atoms with Gasteiger partial charge in [0.05, 0.1) is 16.6 Å². The average Bonchev–Trinajstić information content (AvgIpc) is 2.71. The van der Waals surface area contributed by atoms with E-state index in [0.29, 0.717) is 26.2 Å². The lowest BCUT2D eigenvalue weighted by Crippen LogP contribution is -2.45. The zero-order valence-corrected chi connectivity index (χ0v) is 16.4. The number of benzene rings is 2. The van der Waals surface area contributed by atoms with Gasteiger partial charge in [0.25, 0.3) is 0 Å². The van der Waals surface area contributed by atoms with E-state index in [4.69, 9.17) is 5.11 Å². The minimum atomic E-state index is -1.79. The highest BCUT2D eigenvalue weighted by Crippen LogP contribution is 2.34. The van der Waals surface area contributed by atoms with Crippen LogP contribution in [-0.2, 0) is 0 Å². The molecule has 1 aromatic heterocycles. The zero-order valence-electron chi connectivity index (χ0n) is 16.4. The fraction of sp³-hybridized carbons (Fsp3) is 0.238. The average molecular weight is 433 g/mol. The number of halogens is 3. The van der Waals surface area contributed by atoms with E-state index in [1.54, 1.807) is 4.90 Å². The molecule has 162 valence electrons. The summed E-state index contributed by atoms with van der Waals surface area (Å²) in [6.07, 6.45) is -1.79. The van der Waals surface area contributed by atoms with E-state index < -0.39 is 40.2 Å². The van der Waals surface area contributed by atoms with E-state index in [9.17, 15) is 18.4 Å². The van der Waals surface area contributed by atoms with E-state index in [1.807, 2.05) is 11.9 Å². The first-order valence-corrected chi connectivity index (χ1v) is 9.44. The number of rotatable bonds is 3. The van der Waals surface area contributed by atoms with Crippen LogP contribution < -0.4 is 15.1 Å². The molecule has 0 spiro atoms. The minimum absolute atomic E-state index is 0.0696. The van der Waals surface area contributed by atoms with Crippen LogP contribution in [0.2, 0.25) is 0 Å². The predicted molar refractivity (Wildman–Crippen MR) is 108 cm³/mol. The molecule has 0 saturated carbocycles. The van der Waals surface area contributed by atoms with Gasteiger partial charge in [0.15, 0.2) is 5.82 Å². The van der Waals surface area contributed by atoms with Gasteiger partial charge in [0.1, 0.15) is 17.3 Å². The zero-order chi connectivity index (χ0) is 22.3. The van der Waals surface area contributed by atoms with E-state index in [2.05, 4.69) is 9.72 Å². The molecule has 0 bridgehead atoms. The summed E-state index contributed by atoms with van der Waals surface area (Å²) in [6, 6.07) is 5.79. The number of aromatic nitrogens is 1. The summed E-state index contributed by atoms with van der Waals surface area (Å²) in [5.74, 6) is -3.29. The monoisotopic (exact) mass is 433 g/mol. The Bertz CT molecular complexity index is 1240. The molecule has 0 aliphatic carbocycles. The third-order valence-corrected chi connectivity index (χ3v) is 5.24. The van der Waals surface area contributed by atoms with E-state index in [-0.39, 0.29) is 22.5 Å². The molecule has 2 N–H and O–H groups in total. The van der Waals surface area contributed by atoms with Gasteiger partial charge < -0.3 is 24.6 Å². The predicted octanol–water partition coefficient (Wildman–Crippen LogP) is 3.42. The molecule has 3 aromatic rings. The summed E-state index contributed by atoms with van der Waals surface area (Å²) in [7, 11) is 1.90. The number of nitrogens with zero attached hydrogens (tertiary/aromatic N) is 2. The van der Waals surface area contributed by atoms with Crippen molar-refractivity contribution in [3.8, 4) is 17.0 Å². The number of carbonyl (C=O) groups is 1. The van der Waals surface area contributed by atoms with Crippen LogP contribution in [0, 0.1) is 17.5 Å². The van der Waals surface area contributed by atoms with Crippen molar-refractivity contribution in [3.05, 3.63) is 58.0 Å². The summed E-state index contributed by atoms with van der Waals surface area (Å²) >= 11 is 0. The largest absolute Gasteiger partial charge is 0.511 e. The number of piperazine rings is 1. The van der Waals surface area contributed by atoms with Gasteiger partial charge in [-0.2, -0.15) is 0 Å². The number of anilines is 1. The Hall–Kier alpha value is -3.53. The summed E-state index contributed by atoms with van der Waals surface area (Å²) < 4.78 is 48.7. The SMILES string of the molecule is CN1CCN(c2c(F)cc3c(=O)c(OC(=O)O)c(-c4cccc(F)c4)[nH]c3c2F)CC1. The summed E-state index contributed by atoms with van der Waals surface area (Å²) in [4.78, 5) is 30.2. The van der Waals surface area contributed by atoms with Crippen LogP contribution >= 0.6 is 0 Å². The van der Waals surface area contributed by atoms with Gasteiger partial charge in [-0.05, 0) is 25.2 Å².